The van der Waals surface area contributed by atoms with Gasteiger partial charge in [0.1, 0.15) is 11.4 Å². The van der Waals surface area contributed by atoms with E-state index in [1.807, 2.05) is 59.3 Å². The second-order valence-corrected chi connectivity index (χ2v) is 7.09. The Bertz CT molecular complexity index is 1190. The monoisotopic (exact) mass is 426 g/mol. The summed E-state index contributed by atoms with van der Waals surface area (Å²) in [7, 11) is 0. The number of carbonyl (C=O) groups excluding carboxylic acids is 2. The molecule has 0 bridgehead atoms. The number of aromatic nitrogens is 2. The van der Waals surface area contributed by atoms with Crippen molar-refractivity contribution in [2.45, 2.75) is 13.1 Å². The molecule has 0 saturated carbocycles. The summed E-state index contributed by atoms with van der Waals surface area (Å²) in [6.45, 7) is 0.813. The van der Waals surface area contributed by atoms with Crippen LogP contribution < -0.4 is 15.4 Å². The molecule has 4 rings (SSSR count). The maximum atomic E-state index is 12.7. The Labute approximate surface area is 185 Å². The number of carbonyl (C=O) groups is 2. The summed E-state index contributed by atoms with van der Waals surface area (Å²) < 4.78 is 7.39. The van der Waals surface area contributed by atoms with Crippen LogP contribution in [0.2, 0.25) is 0 Å². The number of para-hydroxylation sites is 1. The zero-order valence-electron chi connectivity index (χ0n) is 17.3. The lowest BCUT2D eigenvalue weighted by Crippen LogP contribution is -2.28. The molecule has 0 spiro atoms. The lowest BCUT2D eigenvalue weighted by molar-refractivity contribution is 0.0724. The van der Waals surface area contributed by atoms with Crippen molar-refractivity contribution in [2.75, 3.05) is 5.32 Å². The normalized spacial score (nSPS) is 10.4. The SMILES string of the molecule is O=C(NCc1cccc(OC(=O)c2cccn2Cc2cccnc2)c1)Nc1ccccc1. The van der Waals surface area contributed by atoms with Gasteiger partial charge in [-0.3, -0.25) is 4.98 Å². The number of nitrogens with zero attached hydrogens (tertiary/aromatic N) is 2. The van der Waals surface area contributed by atoms with Gasteiger partial charge in [-0.15, -0.1) is 0 Å². The number of rotatable bonds is 7. The van der Waals surface area contributed by atoms with Crippen molar-refractivity contribution in [3.63, 3.8) is 0 Å². The molecule has 0 aliphatic rings. The molecule has 7 nitrogen and oxygen atoms in total. The Morgan fingerprint density at radius 3 is 2.56 bits per heavy atom. The molecule has 2 aromatic heterocycles. The minimum Gasteiger partial charge on any atom is -0.422 e. The van der Waals surface area contributed by atoms with Gasteiger partial charge in [0, 0.05) is 37.4 Å². The van der Waals surface area contributed by atoms with Gasteiger partial charge in [-0.05, 0) is 53.6 Å². The van der Waals surface area contributed by atoms with E-state index >= 15 is 0 Å². The van der Waals surface area contributed by atoms with E-state index in [9.17, 15) is 9.59 Å². The van der Waals surface area contributed by atoms with E-state index in [0.717, 1.165) is 11.1 Å². The number of anilines is 1. The van der Waals surface area contributed by atoms with E-state index in [2.05, 4.69) is 15.6 Å². The highest BCUT2D eigenvalue weighted by molar-refractivity contribution is 5.90. The second kappa shape index (κ2) is 10.1. The maximum Gasteiger partial charge on any atom is 0.360 e. The van der Waals surface area contributed by atoms with Crippen LogP contribution in [0.5, 0.6) is 5.75 Å². The first kappa shape index (κ1) is 20.9. The van der Waals surface area contributed by atoms with Crippen LogP contribution >= 0.6 is 0 Å². The van der Waals surface area contributed by atoms with E-state index in [0.29, 0.717) is 30.2 Å². The van der Waals surface area contributed by atoms with Crippen LogP contribution in [0.1, 0.15) is 21.6 Å². The summed E-state index contributed by atoms with van der Waals surface area (Å²) >= 11 is 0. The number of urea groups is 1. The Balaban J connectivity index is 1.35. The molecule has 0 unspecified atom stereocenters. The first-order valence-electron chi connectivity index (χ1n) is 10.1. The number of amides is 2. The molecule has 160 valence electrons. The standard InChI is InChI=1S/C25H22N4O3/c30-24(23-12-6-14-29(23)18-20-8-5-13-26-16-20)32-22-11-4-7-19(15-22)17-27-25(31)28-21-9-2-1-3-10-21/h1-16H,17-18H2,(H2,27,28,31). The lowest BCUT2D eigenvalue weighted by Gasteiger charge is -2.11. The van der Waals surface area contributed by atoms with Crippen LogP contribution in [0.25, 0.3) is 0 Å². The molecule has 2 amide bonds. The summed E-state index contributed by atoms with van der Waals surface area (Å²) in [5.41, 5.74) is 2.95. The van der Waals surface area contributed by atoms with Crippen molar-refractivity contribution >= 4 is 17.7 Å². The molecule has 2 heterocycles. The molecule has 0 aliphatic carbocycles. The van der Waals surface area contributed by atoms with Crippen molar-refractivity contribution in [3.8, 4) is 5.75 Å². The fraction of sp³-hybridized carbons (Fsp3) is 0.0800. The van der Waals surface area contributed by atoms with Crippen molar-refractivity contribution in [2.24, 2.45) is 0 Å². The van der Waals surface area contributed by atoms with Crippen LogP contribution in [-0.2, 0) is 13.1 Å². The maximum absolute atomic E-state index is 12.7. The number of pyridine rings is 1. The minimum absolute atomic E-state index is 0.293. The molecular formula is C25H22N4O3. The minimum atomic E-state index is -0.453. The molecule has 0 saturated heterocycles. The van der Waals surface area contributed by atoms with E-state index in [-0.39, 0.29) is 6.03 Å². The van der Waals surface area contributed by atoms with Gasteiger partial charge in [0.15, 0.2) is 0 Å². The Morgan fingerprint density at radius 1 is 0.906 bits per heavy atom. The van der Waals surface area contributed by atoms with Gasteiger partial charge in [0.25, 0.3) is 0 Å². The Morgan fingerprint density at radius 2 is 1.75 bits per heavy atom. The fourth-order valence-electron chi connectivity index (χ4n) is 3.18. The van der Waals surface area contributed by atoms with E-state index in [4.69, 9.17) is 4.74 Å². The first-order valence-corrected chi connectivity index (χ1v) is 10.1. The predicted molar refractivity (Wildman–Crippen MR) is 121 cm³/mol. The highest BCUT2D eigenvalue weighted by Crippen LogP contribution is 2.16. The molecule has 32 heavy (non-hydrogen) atoms. The zero-order valence-corrected chi connectivity index (χ0v) is 17.3. The fourth-order valence-corrected chi connectivity index (χ4v) is 3.18. The summed E-state index contributed by atoms with van der Waals surface area (Å²) in [5, 5.41) is 5.55. The molecule has 0 aliphatic heterocycles. The van der Waals surface area contributed by atoms with Gasteiger partial charge in [-0.25, -0.2) is 9.59 Å². The van der Waals surface area contributed by atoms with Gasteiger partial charge >= 0.3 is 12.0 Å². The van der Waals surface area contributed by atoms with Crippen molar-refractivity contribution in [1.29, 1.82) is 0 Å². The third kappa shape index (κ3) is 5.60. The van der Waals surface area contributed by atoms with Crippen LogP contribution in [0.15, 0.2) is 97.5 Å². The molecule has 0 radical (unpaired) electrons. The van der Waals surface area contributed by atoms with Crippen LogP contribution in [0, 0.1) is 0 Å². The highest BCUT2D eigenvalue weighted by atomic mass is 16.5. The summed E-state index contributed by atoms with van der Waals surface area (Å²) in [4.78, 5) is 28.9. The van der Waals surface area contributed by atoms with Gasteiger partial charge in [0.2, 0.25) is 0 Å². The molecule has 2 N–H and O–H groups in total. The molecule has 2 aromatic carbocycles. The summed E-state index contributed by atoms with van der Waals surface area (Å²) in [6, 6.07) is 23.3. The molecular weight excluding hydrogens is 404 g/mol. The number of esters is 1. The van der Waals surface area contributed by atoms with Crippen LogP contribution in [0.4, 0.5) is 10.5 Å². The average molecular weight is 426 g/mol. The molecule has 0 atom stereocenters. The van der Waals surface area contributed by atoms with Gasteiger partial charge in [-0.1, -0.05) is 36.4 Å². The lowest BCUT2D eigenvalue weighted by atomic mass is 10.2. The van der Waals surface area contributed by atoms with Crippen molar-refractivity contribution < 1.29 is 14.3 Å². The number of benzene rings is 2. The summed E-state index contributed by atoms with van der Waals surface area (Å²) in [5.74, 6) is -0.0438. The zero-order chi connectivity index (χ0) is 22.2. The van der Waals surface area contributed by atoms with Gasteiger partial charge in [-0.2, -0.15) is 0 Å². The largest absolute Gasteiger partial charge is 0.422 e. The average Bonchev–Trinajstić information content (AvgIpc) is 3.28. The number of hydrogen-bond donors (Lipinski definition) is 2. The smallest absolute Gasteiger partial charge is 0.360 e. The number of nitrogens with one attached hydrogen (secondary N) is 2. The molecule has 4 aromatic rings. The number of hydrogen-bond acceptors (Lipinski definition) is 4. The van der Waals surface area contributed by atoms with Gasteiger partial charge in [0.05, 0.1) is 0 Å². The van der Waals surface area contributed by atoms with Crippen LogP contribution in [0.3, 0.4) is 0 Å². The quantitative estimate of drug-likeness (QED) is 0.337. The predicted octanol–water partition coefficient (Wildman–Crippen LogP) is 4.47. The van der Waals surface area contributed by atoms with E-state index in [1.54, 1.807) is 42.7 Å². The van der Waals surface area contributed by atoms with Crippen molar-refractivity contribution in [3.05, 3.63) is 114 Å². The molecule has 0 fully saturated rings. The van der Waals surface area contributed by atoms with Crippen LogP contribution in [-0.4, -0.2) is 21.6 Å². The van der Waals surface area contributed by atoms with E-state index in [1.165, 1.54) is 0 Å². The number of ether oxygens (including phenoxy) is 1. The molecule has 7 heteroatoms. The highest BCUT2D eigenvalue weighted by Gasteiger charge is 2.14. The van der Waals surface area contributed by atoms with Gasteiger partial charge < -0.3 is 19.9 Å². The Kier molecular flexibility index (Phi) is 6.57. The Hall–Kier alpha value is -4.39. The second-order valence-electron chi connectivity index (χ2n) is 7.09. The van der Waals surface area contributed by atoms with E-state index < -0.39 is 5.97 Å². The third-order valence-corrected chi connectivity index (χ3v) is 4.71. The van der Waals surface area contributed by atoms with Crippen molar-refractivity contribution in [1.82, 2.24) is 14.9 Å². The topological polar surface area (TPSA) is 85.2 Å². The third-order valence-electron chi connectivity index (χ3n) is 4.71. The first-order chi connectivity index (χ1) is 15.7. The summed E-state index contributed by atoms with van der Waals surface area (Å²) in [6.07, 6.45) is 5.30.